The highest BCUT2D eigenvalue weighted by Gasteiger charge is 2.28. The molecule has 1 aromatic carbocycles. The molecule has 0 saturated heterocycles. The summed E-state index contributed by atoms with van der Waals surface area (Å²) in [5, 5.41) is 4.37. The maximum atomic E-state index is 13.1. The first-order valence-electron chi connectivity index (χ1n) is 13.2. The summed E-state index contributed by atoms with van der Waals surface area (Å²) < 4.78 is 13.4. The van der Waals surface area contributed by atoms with Crippen LogP contribution in [0.15, 0.2) is 68.4 Å². The summed E-state index contributed by atoms with van der Waals surface area (Å²) in [7, 11) is 0. The standard InChI is InChI=1S/C30H35BrClN3O4S/c1-29(2,3)38-27(36)33-11-12-40-17-18-13-24(34-25-15-20(32)8-9-21(18)25)23-16-35(28(37)39-30(4,5)6)26-10-7-19(31)14-22(23)26/h7-8,10,13-16,21H,9,11-12,17H2,1-6H3,(H,33,36). The molecule has 1 unspecified atom stereocenters. The predicted molar refractivity (Wildman–Crippen MR) is 168 cm³/mol. The fraction of sp³-hybridized carbons (Fsp3) is 0.433. The summed E-state index contributed by atoms with van der Waals surface area (Å²) in [5.74, 6) is 1.62. The molecule has 0 saturated carbocycles. The molecule has 0 radical (unpaired) electrons. The first-order chi connectivity index (χ1) is 18.7. The number of nitrogens with zero attached hydrogens (tertiary/aromatic N) is 2. The quantitative estimate of drug-likeness (QED) is 0.320. The van der Waals surface area contributed by atoms with E-state index in [9.17, 15) is 9.59 Å². The molecule has 2 heterocycles. The van der Waals surface area contributed by atoms with Crippen LogP contribution in [0.3, 0.4) is 0 Å². The number of nitrogens with one attached hydrogen (secondary N) is 1. The van der Waals surface area contributed by atoms with E-state index in [-0.39, 0.29) is 5.92 Å². The van der Waals surface area contributed by atoms with Gasteiger partial charge in [0.25, 0.3) is 0 Å². The number of aromatic nitrogens is 1. The lowest BCUT2D eigenvalue weighted by molar-refractivity contribution is 0.0524. The molecular formula is C30H35BrClN3O4S. The molecule has 10 heteroatoms. The van der Waals surface area contributed by atoms with E-state index in [1.165, 1.54) is 5.57 Å². The lowest BCUT2D eigenvalue weighted by atomic mass is 9.86. The summed E-state index contributed by atoms with van der Waals surface area (Å²) in [6.45, 7) is 11.6. The van der Waals surface area contributed by atoms with E-state index in [0.717, 1.165) is 50.3 Å². The van der Waals surface area contributed by atoms with Crippen molar-refractivity contribution in [2.45, 2.75) is 59.2 Å². The van der Waals surface area contributed by atoms with Gasteiger partial charge in [-0.1, -0.05) is 33.6 Å². The molecule has 214 valence electrons. The topological polar surface area (TPSA) is 81.9 Å². The Kier molecular flexibility index (Phi) is 9.27. The molecule has 2 aromatic rings. The molecule has 2 aliphatic rings. The van der Waals surface area contributed by atoms with Crippen molar-refractivity contribution < 1.29 is 19.1 Å². The number of dihydropyridines is 1. The Morgan fingerprint density at radius 1 is 1.15 bits per heavy atom. The van der Waals surface area contributed by atoms with Crippen molar-refractivity contribution in [2.75, 3.05) is 18.1 Å². The lowest BCUT2D eigenvalue weighted by Gasteiger charge is -2.27. The van der Waals surface area contributed by atoms with Gasteiger partial charge in [0.05, 0.1) is 16.9 Å². The van der Waals surface area contributed by atoms with E-state index in [4.69, 9.17) is 26.1 Å². The Balaban J connectivity index is 1.61. The molecule has 4 rings (SSSR count). The summed E-state index contributed by atoms with van der Waals surface area (Å²) >= 11 is 11.7. The molecule has 1 N–H and O–H groups in total. The van der Waals surface area contributed by atoms with Gasteiger partial charge in [0.15, 0.2) is 0 Å². The number of fused-ring (bicyclic) bond motifs is 2. The van der Waals surface area contributed by atoms with E-state index < -0.39 is 23.4 Å². The molecular weight excluding hydrogens is 614 g/mol. The van der Waals surface area contributed by atoms with Crippen molar-refractivity contribution in [3.8, 4) is 0 Å². The second kappa shape index (κ2) is 12.2. The molecule has 0 bridgehead atoms. The first-order valence-corrected chi connectivity index (χ1v) is 15.5. The monoisotopic (exact) mass is 647 g/mol. The average Bonchev–Trinajstić information content (AvgIpc) is 3.20. The number of allylic oxidation sites excluding steroid dienone is 5. The van der Waals surface area contributed by atoms with Gasteiger partial charge in [-0.05, 0) is 83.9 Å². The van der Waals surface area contributed by atoms with E-state index in [1.54, 1.807) is 22.5 Å². The van der Waals surface area contributed by atoms with Crippen molar-refractivity contribution in [3.05, 3.63) is 69.0 Å². The maximum Gasteiger partial charge on any atom is 0.419 e. The molecule has 1 atom stereocenters. The number of halogens is 2. The van der Waals surface area contributed by atoms with E-state index >= 15 is 0 Å². The number of carbonyl (C=O) groups excluding carboxylic acids is 2. The molecule has 1 aliphatic heterocycles. The SMILES string of the molecule is CC(C)(C)OC(=O)NCCSCC1=CC(c2cn(C(=O)OC(C)(C)C)c3ccc(Br)cc23)=NC2=CC(Cl)=CCC12. The number of carbonyl (C=O) groups is 2. The molecule has 1 amide bonds. The van der Waals surface area contributed by atoms with Crippen molar-refractivity contribution in [1.29, 1.82) is 0 Å². The number of amides is 1. The van der Waals surface area contributed by atoms with Crippen LogP contribution in [0.1, 0.15) is 53.5 Å². The van der Waals surface area contributed by atoms with Gasteiger partial charge >= 0.3 is 12.2 Å². The zero-order valence-corrected chi connectivity index (χ0v) is 26.8. The third kappa shape index (κ3) is 7.83. The normalized spacial score (nSPS) is 17.4. The third-order valence-corrected chi connectivity index (χ3v) is 7.81. The second-order valence-electron chi connectivity index (χ2n) is 11.7. The molecule has 0 spiro atoms. The number of hydrogen-bond donors (Lipinski definition) is 1. The van der Waals surface area contributed by atoms with Gasteiger partial charge in [-0.25, -0.2) is 9.59 Å². The lowest BCUT2D eigenvalue weighted by Crippen LogP contribution is -2.33. The minimum absolute atomic E-state index is 0.128. The fourth-order valence-electron chi connectivity index (χ4n) is 4.43. The molecule has 7 nitrogen and oxygen atoms in total. The highest BCUT2D eigenvalue weighted by molar-refractivity contribution is 9.10. The Labute approximate surface area is 253 Å². The van der Waals surface area contributed by atoms with Gasteiger partial charge in [-0.3, -0.25) is 9.56 Å². The van der Waals surface area contributed by atoms with Crippen molar-refractivity contribution >= 4 is 68.1 Å². The number of alkyl carbamates (subject to hydrolysis) is 1. The largest absolute Gasteiger partial charge is 0.444 e. The first kappa shape index (κ1) is 30.5. The molecule has 1 aliphatic carbocycles. The number of aliphatic imine (C=N–C) groups is 1. The third-order valence-electron chi connectivity index (χ3n) is 6.03. The summed E-state index contributed by atoms with van der Waals surface area (Å²) in [4.78, 5) is 30.1. The van der Waals surface area contributed by atoms with Gasteiger partial charge < -0.3 is 14.8 Å². The van der Waals surface area contributed by atoms with E-state index in [1.807, 2.05) is 71.9 Å². The smallest absolute Gasteiger partial charge is 0.419 e. The fourth-order valence-corrected chi connectivity index (χ4v) is 5.90. The van der Waals surface area contributed by atoms with Gasteiger partial charge in [0.1, 0.15) is 11.2 Å². The Hall–Kier alpha value is -2.49. The second-order valence-corrected chi connectivity index (χ2v) is 14.2. The van der Waals surface area contributed by atoms with Crippen LogP contribution in [0.25, 0.3) is 10.9 Å². The van der Waals surface area contributed by atoms with Crippen LogP contribution in [-0.4, -0.2) is 51.7 Å². The summed E-state index contributed by atoms with van der Waals surface area (Å²) in [6.07, 6.45) is 7.78. The van der Waals surface area contributed by atoms with Crippen LogP contribution in [0.4, 0.5) is 9.59 Å². The van der Waals surface area contributed by atoms with Crippen LogP contribution in [0.5, 0.6) is 0 Å². The number of rotatable bonds is 6. The highest BCUT2D eigenvalue weighted by Crippen LogP contribution is 2.38. The zero-order valence-electron chi connectivity index (χ0n) is 23.6. The predicted octanol–water partition coefficient (Wildman–Crippen LogP) is 8.20. The Bertz CT molecular complexity index is 1440. The van der Waals surface area contributed by atoms with Gasteiger partial charge in [-0.15, -0.1) is 0 Å². The van der Waals surface area contributed by atoms with Gasteiger partial charge in [0.2, 0.25) is 0 Å². The van der Waals surface area contributed by atoms with Crippen LogP contribution < -0.4 is 5.32 Å². The van der Waals surface area contributed by atoms with Crippen LogP contribution in [0.2, 0.25) is 0 Å². The average molecular weight is 649 g/mol. The van der Waals surface area contributed by atoms with E-state index in [0.29, 0.717) is 11.6 Å². The van der Waals surface area contributed by atoms with E-state index in [2.05, 4.69) is 27.3 Å². The molecule has 1 aromatic heterocycles. The summed E-state index contributed by atoms with van der Waals surface area (Å²) in [5.41, 5.74) is 3.30. The minimum atomic E-state index is -0.628. The van der Waals surface area contributed by atoms with Crippen molar-refractivity contribution in [3.63, 3.8) is 0 Å². The van der Waals surface area contributed by atoms with Crippen LogP contribution in [-0.2, 0) is 9.47 Å². The Morgan fingerprint density at radius 2 is 1.88 bits per heavy atom. The van der Waals surface area contributed by atoms with Crippen LogP contribution in [0, 0.1) is 5.92 Å². The van der Waals surface area contributed by atoms with Crippen molar-refractivity contribution in [2.24, 2.45) is 10.9 Å². The highest BCUT2D eigenvalue weighted by atomic mass is 79.9. The number of benzene rings is 1. The maximum absolute atomic E-state index is 13.1. The van der Waals surface area contributed by atoms with Gasteiger partial charge in [-0.2, -0.15) is 11.8 Å². The van der Waals surface area contributed by atoms with Gasteiger partial charge in [0, 0.05) is 50.6 Å². The molecule has 40 heavy (non-hydrogen) atoms. The summed E-state index contributed by atoms with van der Waals surface area (Å²) in [6, 6.07) is 5.80. The molecule has 0 fully saturated rings. The van der Waals surface area contributed by atoms with Crippen LogP contribution >= 0.6 is 39.3 Å². The number of ether oxygens (including phenoxy) is 2. The number of hydrogen-bond acceptors (Lipinski definition) is 6. The number of thioether (sulfide) groups is 1. The minimum Gasteiger partial charge on any atom is -0.444 e. The van der Waals surface area contributed by atoms with Crippen molar-refractivity contribution in [1.82, 2.24) is 9.88 Å². The Morgan fingerprint density at radius 3 is 2.58 bits per heavy atom. The zero-order chi connectivity index (χ0) is 29.2.